The monoisotopic (exact) mass is 352 g/mol. The first-order chi connectivity index (χ1) is 12.3. The van der Waals surface area contributed by atoms with Crippen LogP contribution in [0.15, 0.2) is 52.5 Å². The van der Waals surface area contributed by atoms with Gasteiger partial charge in [0, 0.05) is 11.9 Å². The topological polar surface area (TPSA) is 73.0 Å². The summed E-state index contributed by atoms with van der Waals surface area (Å²) in [5.74, 6) is 0.921. The number of furan rings is 1. The summed E-state index contributed by atoms with van der Waals surface area (Å²) in [6, 6.07) is 11.5. The van der Waals surface area contributed by atoms with Gasteiger partial charge in [-0.25, -0.2) is 9.97 Å². The zero-order valence-corrected chi connectivity index (χ0v) is 14.4. The van der Waals surface area contributed by atoms with E-state index in [-0.39, 0.29) is 5.91 Å². The molecule has 0 atom stereocenters. The van der Waals surface area contributed by atoms with E-state index in [4.69, 9.17) is 4.42 Å². The molecule has 1 aromatic carbocycles. The average molecular weight is 352 g/mol. The minimum absolute atomic E-state index is 0.276. The fourth-order valence-corrected chi connectivity index (χ4v) is 3.44. The van der Waals surface area contributed by atoms with Crippen LogP contribution in [0.4, 0.5) is 5.95 Å². The van der Waals surface area contributed by atoms with Crippen LogP contribution in [0.5, 0.6) is 0 Å². The molecule has 25 heavy (non-hydrogen) atoms. The molecule has 0 aliphatic heterocycles. The number of rotatable bonds is 5. The predicted molar refractivity (Wildman–Crippen MR) is 97.8 cm³/mol. The molecule has 0 unspecified atom stereocenters. The number of aromatic nitrogens is 3. The van der Waals surface area contributed by atoms with E-state index in [9.17, 15) is 4.79 Å². The molecule has 0 spiro atoms. The molecule has 1 amide bonds. The largest absolute Gasteiger partial charge is 0.462 e. The van der Waals surface area contributed by atoms with Crippen LogP contribution < -0.4 is 5.32 Å². The Morgan fingerprint density at radius 1 is 1.24 bits per heavy atom. The van der Waals surface area contributed by atoms with E-state index in [1.54, 1.807) is 17.7 Å². The molecule has 0 fully saturated rings. The van der Waals surface area contributed by atoms with Crippen molar-refractivity contribution in [3.05, 3.63) is 53.7 Å². The van der Waals surface area contributed by atoms with Crippen molar-refractivity contribution in [2.24, 2.45) is 0 Å². The Morgan fingerprint density at radius 2 is 2.12 bits per heavy atom. The highest BCUT2D eigenvalue weighted by Gasteiger charge is 2.17. The number of nitrogens with one attached hydrogen (secondary N) is 1. The van der Waals surface area contributed by atoms with Crippen LogP contribution in [-0.2, 0) is 6.54 Å². The lowest BCUT2D eigenvalue weighted by atomic mass is 10.3. The molecule has 0 saturated carbocycles. The van der Waals surface area contributed by atoms with Crippen molar-refractivity contribution < 1.29 is 9.21 Å². The second kappa shape index (κ2) is 6.52. The maximum atomic E-state index is 12.6. The average Bonchev–Trinajstić information content (AvgIpc) is 3.35. The number of amides is 1. The second-order valence-corrected chi connectivity index (χ2v) is 6.40. The molecular weight excluding hydrogens is 336 g/mol. The zero-order valence-electron chi connectivity index (χ0n) is 13.6. The van der Waals surface area contributed by atoms with E-state index in [0.717, 1.165) is 24.0 Å². The van der Waals surface area contributed by atoms with E-state index in [1.807, 2.05) is 34.9 Å². The Kier molecular flexibility index (Phi) is 4.07. The van der Waals surface area contributed by atoms with Crippen molar-refractivity contribution in [1.82, 2.24) is 14.5 Å². The number of nitrogens with zero attached hydrogens (tertiary/aromatic N) is 3. The van der Waals surface area contributed by atoms with Gasteiger partial charge in [0.15, 0.2) is 10.8 Å². The fraction of sp³-hybridized carbons (Fsp3) is 0.167. The highest BCUT2D eigenvalue weighted by atomic mass is 32.1. The van der Waals surface area contributed by atoms with Crippen molar-refractivity contribution in [3.8, 4) is 10.8 Å². The van der Waals surface area contributed by atoms with Gasteiger partial charge in [0.2, 0.25) is 5.95 Å². The van der Waals surface area contributed by atoms with Gasteiger partial charge in [-0.3, -0.25) is 10.1 Å². The third-order valence-electron chi connectivity index (χ3n) is 3.80. The van der Waals surface area contributed by atoms with Crippen molar-refractivity contribution >= 4 is 34.2 Å². The number of aryl methyl sites for hydroxylation is 1. The molecule has 1 N–H and O–H groups in total. The van der Waals surface area contributed by atoms with E-state index < -0.39 is 0 Å². The molecule has 0 aliphatic carbocycles. The molecule has 126 valence electrons. The number of hydrogen-bond acceptors (Lipinski definition) is 5. The fourth-order valence-electron chi connectivity index (χ4n) is 2.68. The number of para-hydroxylation sites is 2. The SMILES string of the molecule is CCCn1c(NC(=O)c2csc(-c3ccco3)n2)nc2ccccc21. The summed E-state index contributed by atoms with van der Waals surface area (Å²) in [4.78, 5) is 21.5. The standard InChI is InChI=1S/C18H16N4O2S/c1-2-9-22-14-7-4-3-6-12(14)20-18(22)21-16(23)13-11-25-17(19-13)15-8-5-10-24-15/h3-8,10-11H,2,9H2,1H3,(H,20,21,23). The normalized spacial score (nSPS) is 11.1. The van der Waals surface area contributed by atoms with Crippen molar-refractivity contribution in [2.45, 2.75) is 19.9 Å². The quantitative estimate of drug-likeness (QED) is 0.577. The summed E-state index contributed by atoms with van der Waals surface area (Å²) in [5.41, 5.74) is 2.22. The smallest absolute Gasteiger partial charge is 0.277 e. The van der Waals surface area contributed by atoms with Crippen molar-refractivity contribution in [1.29, 1.82) is 0 Å². The van der Waals surface area contributed by atoms with Crippen LogP contribution in [0.25, 0.3) is 21.8 Å². The van der Waals surface area contributed by atoms with Gasteiger partial charge in [0.1, 0.15) is 5.69 Å². The van der Waals surface area contributed by atoms with E-state index in [2.05, 4.69) is 22.2 Å². The highest BCUT2D eigenvalue weighted by Crippen LogP contribution is 2.25. The third kappa shape index (κ3) is 2.94. The summed E-state index contributed by atoms with van der Waals surface area (Å²) in [6.07, 6.45) is 2.53. The van der Waals surface area contributed by atoms with Crippen LogP contribution in [-0.4, -0.2) is 20.4 Å². The first-order valence-corrected chi connectivity index (χ1v) is 8.90. The maximum absolute atomic E-state index is 12.6. The summed E-state index contributed by atoms with van der Waals surface area (Å²) < 4.78 is 7.34. The lowest BCUT2D eigenvalue weighted by Gasteiger charge is -2.07. The number of hydrogen-bond donors (Lipinski definition) is 1. The third-order valence-corrected chi connectivity index (χ3v) is 4.65. The second-order valence-electron chi connectivity index (χ2n) is 5.55. The first kappa shape index (κ1) is 15.6. The van der Waals surface area contributed by atoms with Crippen LogP contribution in [0.1, 0.15) is 23.8 Å². The van der Waals surface area contributed by atoms with E-state index >= 15 is 0 Å². The van der Waals surface area contributed by atoms with Gasteiger partial charge in [-0.2, -0.15) is 0 Å². The molecule has 0 aliphatic rings. The molecule has 0 radical (unpaired) electrons. The minimum atomic E-state index is -0.276. The Hall–Kier alpha value is -2.93. The summed E-state index contributed by atoms with van der Waals surface area (Å²) in [7, 11) is 0. The summed E-state index contributed by atoms with van der Waals surface area (Å²) in [6.45, 7) is 2.88. The Balaban J connectivity index is 1.62. The Bertz CT molecular complexity index is 1020. The lowest BCUT2D eigenvalue weighted by molar-refractivity contribution is 0.102. The molecule has 3 heterocycles. The first-order valence-electron chi connectivity index (χ1n) is 8.02. The Labute approximate surface area is 148 Å². The number of imidazole rings is 1. The Morgan fingerprint density at radius 3 is 2.92 bits per heavy atom. The van der Waals surface area contributed by atoms with Crippen molar-refractivity contribution in [2.75, 3.05) is 5.32 Å². The zero-order chi connectivity index (χ0) is 17.2. The van der Waals surface area contributed by atoms with Gasteiger partial charge >= 0.3 is 0 Å². The van der Waals surface area contributed by atoms with Crippen LogP contribution in [0, 0.1) is 0 Å². The lowest BCUT2D eigenvalue weighted by Crippen LogP contribution is -2.16. The predicted octanol–water partition coefficient (Wildman–Crippen LogP) is 4.42. The molecular formula is C18H16N4O2S. The number of benzene rings is 1. The van der Waals surface area contributed by atoms with Gasteiger partial charge < -0.3 is 8.98 Å². The van der Waals surface area contributed by atoms with Crippen LogP contribution >= 0.6 is 11.3 Å². The van der Waals surface area contributed by atoms with Gasteiger partial charge in [0.05, 0.1) is 17.3 Å². The number of anilines is 1. The van der Waals surface area contributed by atoms with Crippen molar-refractivity contribution in [3.63, 3.8) is 0 Å². The number of carbonyl (C=O) groups excluding carboxylic acids is 1. The number of fused-ring (bicyclic) bond motifs is 1. The molecule has 3 aromatic heterocycles. The van der Waals surface area contributed by atoms with Gasteiger partial charge in [-0.1, -0.05) is 19.1 Å². The highest BCUT2D eigenvalue weighted by molar-refractivity contribution is 7.13. The molecule has 0 saturated heterocycles. The summed E-state index contributed by atoms with van der Waals surface area (Å²) in [5, 5.41) is 5.29. The van der Waals surface area contributed by atoms with E-state index in [1.165, 1.54) is 11.3 Å². The minimum Gasteiger partial charge on any atom is -0.462 e. The molecule has 7 heteroatoms. The van der Waals surface area contributed by atoms with Gasteiger partial charge in [0.25, 0.3) is 5.91 Å². The molecule has 6 nitrogen and oxygen atoms in total. The maximum Gasteiger partial charge on any atom is 0.277 e. The van der Waals surface area contributed by atoms with Crippen LogP contribution in [0.2, 0.25) is 0 Å². The molecule has 4 rings (SSSR count). The summed E-state index contributed by atoms with van der Waals surface area (Å²) >= 11 is 1.37. The van der Waals surface area contributed by atoms with Gasteiger partial charge in [-0.15, -0.1) is 11.3 Å². The molecule has 4 aromatic rings. The number of carbonyl (C=O) groups is 1. The number of thiazole rings is 1. The van der Waals surface area contributed by atoms with Crippen LogP contribution in [0.3, 0.4) is 0 Å². The van der Waals surface area contributed by atoms with E-state index in [0.29, 0.717) is 22.4 Å². The molecule has 0 bridgehead atoms. The van der Waals surface area contributed by atoms with Gasteiger partial charge in [-0.05, 0) is 30.7 Å².